The summed E-state index contributed by atoms with van der Waals surface area (Å²) in [6.07, 6.45) is -8.54. The average Bonchev–Trinajstić information content (AvgIpc) is 2.13. The highest BCUT2D eigenvalue weighted by molar-refractivity contribution is 6.31. The summed E-state index contributed by atoms with van der Waals surface area (Å²) >= 11 is 5.18. The smallest absolute Gasteiger partial charge is 0.398 e. The van der Waals surface area contributed by atoms with Crippen LogP contribution >= 0.6 is 11.6 Å². The van der Waals surface area contributed by atoms with Crippen molar-refractivity contribution in [1.29, 1.82) is 0 Å². The van der Waals surface area contributed by atoms with Crippen molar-refractivity contribution >= 4 is 17.3 Å². The summed E-state index contributed by atoms with van der Waals surface area (Å²) in [5, 5.41) is 9.51. The number of aromatic nitrogens is 1. The molecule has 0 saturated carbocycles. The van der Waals surface area contributed by atoms with Crippen LogP contribution in [0.5, 0.6) is 5.75 Å². The minimum atomic E-state index is -5.38. The van der Waals surface area contributed by atoms with Crippen LogP contribution in [0.25, 0.3) is 0 Å². The number of ether oxygens (including phenoxy) is 1. The van der Waals surface area contributed by atoms with Crippen molar-refractivity contribution in [3.63, 3.8) is 0 Å². The standard InChI is InChI=1S/C7H2ClF5N2O3/c8-5-3(15(16)17)4(18-7(11,12)13)2(1-14-5)6(9)10/h1,6H. The molecule has 0 atom stereocenters. The summed E-state index contributed by atoms with van der Waals surface area (Å²) in [6, 6.07) is 0. The van der Waals surface area contributed by atoms with E-state index in [0.29, 0.717) is 0 Å². The molecule has 0 aliphatic heterocycles. The highest BCUT2D eigenvalue weighted by Gasteiger charge is 2.39. The Balaban J connectivity index is 3.48. The van der Waals surface area contributed by atoms with Crippen LogP contribution in [0.15, 0.2) is 6.20 Å². The van der Waals surface area contributed by atoms with Gasteiger partial charge in [-0.1, -0.05) is 11.6 Å². The lowest BCUT2D eigenvalue weighted by Crippen LogP contribution is -2.19. The van der Waals surface area contributed by atoms with Crippen LogP contribution in [0, 0.1) is 10.1 Å². The van der Waals surface area contributed by atoms with E-state index in [1.54, 1.807) is 0 Å². The number of halogens is 6. The Morgan fingerprint density at radius 1 is 1.44 bits per heavy atom. The third-order valence-corrected chi connectivity index (χ3v) is 1.90. The fraction of sp³-hybridized carbons (Fsp3) is 0.286. The second-order valence-corrected chi connectivity index (χ2v) is 3.15. The average molecular weight is 293 g/mol. The molecule has 0 fully saturated rings. The van der Waals surface area contributed by atoms with Gasteiger partial charge >= 0.3 is 12.0 Å². The predicted octanol–water partition coefficient (Wildman–Crippen LogP) is 3.48. The highest BCUT2D eigenvalue weighted by Crippen LogP contribution is 2.42. The number of hydrogen-bond acceptors (Lipinski definition) is 4. The van der Waals surface area contributed by atoms with E-state index >= 15 is 0 Å². The molecule has 18 heavy (non-hydrogen) atoms. The van der Waals surface area contributed by atoms with Crippen LogP contribution in [0.1, 0.15) is 12.0 Å². The van der Waals surface area contributed by atoms with Gasteiger partial charge in [0.15, 0.2) is 0 Å². The van der Waals surface area contributed by atoms with Crippen molar-refractivity contribution in [3.05, 3.63) is 27.0 Å². The van der Waals surface area contributed by atoms with Gasteiger partial charge in [-0.2, -0.15) is 0 Å². The van der Waals surface area contributed by atoms with Crippen molar-refractivity contribution in [3.8, 4) is 5.75 Å². The maximum atomic E-state index is 12.4. The van der Waals surface area contributed by atoms with Gasteiger partial charge < -0.3 is 4.74 Å². The molecule has 0 N–H and O–H groups in total. The molecule has 0 amide bonds. The van der Waals surface area contributed by atoms with E-state index in [2.05, 4.69) is 9.72 Å². The van der Waals surface area contributed by atoms with Gasteiger partial charge in [0.25, 0.3) is 6.43 Å². The molecular weight excluding hydrogens is 291 g/mol. The summed E-state index contributed by atoms with van der Waals surface area (Å²) < 4.78 is 64.1. The van der Waals surface area contributed by atoms with Gasteiger partial charge in [0.1, 0.15) is 0 Å². The zero-order chi connectivity index (χ0) is 14.1. The molecule has 0 bridgehead atoms. The number of rotatable bonds is 3. The fourth-order valence-electron chi connectivity index (χ4n) is 1.01. The molecule has 100 valence electrons. The Bertz CT molecular complexity index is 479. The lowest BCUT2D eigenvalue weighted by Gasteiger charge is -2.12. The van der Waals surface area contributed by atoms with Crippen LogP contribution in [0.4, 0.5) is 27.6 Å². The molecule has 0 aromatic carbocycles. The van der Waals surface area contributed by atoms with Crippen molar-refractivity contribution in [2.75, 3.05) is 0 Å². The minimum absolute atomic E-state index is 0.279. The second kappa shape index (κ2) is 4.88. The molecule has 1 aromatic heterocycles. The molecule has 0 spiro atoms. The summed E-state index contributed by atoms with van der Waals surface area (Å²) in [6.45, 7) is 0. The molecule has 0 saturated heterocycles. The van der Waals surface area contributed by atoms with Gasteiger partial charge in [0, 0.05) is 6.20 Å². The molecule has 1 rings (SSSR count). The number of hydrogen-bond donors (Lipinski definition) is 0. The zero-order valence-corrected chi connectivity index (χ0v) is 8.80. The fourth-order valence-corrected chi connectivity index (χ4v) is 1.22. The van der Waals surface area contributed by atoms with E-state index in [1.165, 1.54) is 0 Å². The van der Waals surface area contributed by atoms with Gasteiger partial charge in [0.2, 0.25) is 10.9 Å². The number of nitrogens with zero attached hydrogens (tertiary/aromatic N) is 2. The SMILES string of the molecule is O=[N+]([O-])c1c(Cl)ncc(C(F)F)c1OC(F)(F)F. The molecule has 11 heteroatoms. The van der Waals surface area contributed by atoms with Gasteiger partial charge in [-0.25, -0.2) is 13.8 Å². The second-order valence-electron chi connectivity index (χ2n) is 2.79. The Hall–Kier alpha value is -1.71. The molecule has 0 aliphatic rings. The van der Waals surface area contributed by atoms with Gasteiger partial charge in [0.05, 0.1) is 10.5 Å². The Morgan fingerprint density at radius 2 is 2.00 bits per heavy atom. The number of pyridine rings is 1. The van der Waals surface area contributed by atoms with Crippen LogP contribution < -0.4 is 4.74 Å². The normalized spacial score (nSPS) is 11.7. The van der Waals surface area contributed by atoms with E-state index in [1.807, 2.05) is 0 Å². The summed E-state index contributed by atoms with van der Waals surface area (Å²) in [5.74, 6) is -1.66. The van der Waals surface area contributed by atoms with E-state index in [0.717, 1.165) is 0 Å². The molecule has 0 radical (unpaired) electrons. The lowest BCUT2D eigenvalue weighted by molar-refractivity contribution is -0.389. The Morgan fingerprint density at radius 3 is 2.39 bits per heavy atom. The van der Waals surface area contributed by atoms with Gasteiger partial charge in [-0.15, -0.1) is 13.2 Å². The summed E-state index contributed by atoms with van der Waals surface area (Å²) in [4.78, 5) is 12.1. The maximum Gasteiger partial charge on any atom is 0.573 e. The summed E-state index contributed by atoms with van der Waals surface area (Å²) in [5.41, 5.74) is -2.84. The van der Waals surface area contributed by atoms with Crippen molar-refractivity contribution in [2.45, 2.75) is 12.8 Å². The lowest BCUT2D eigenvalue weighted by atomic mass is 10.2. The third-order valence-electron chi connectivity index (χ3n) is 1.63. The molecule has 0 aliphatic carbocycles. The monoisotopic (exact) mass is 292 g/mol. The first-order valence-corrected chi connectivity index (χ1v) is 4.38. The highest BCUT2D eigenvalue weighted by atomic mass is 35.5. The van der Waals surface area contributed by atoms with Gasteiger partial charge in [-0.05, 0) is 0 Å². The van der Waals surface area contributed by atoms with Crippen LogP contribution in [0.2, 0.25) is 5.15 Å². The molecule has 1 heterocycles. The maximum absolute atomic E-state index is 12.4. The first kappa shape index (κ1) is 14.4. The molecule has 5 nitrogen and oxygen atoms in total. The Kier molecular flexibility index (Phi) is 3.89. The first-order valence-electron chi connectivity index (χ1n) is 4.00. The van der Waals surface area contributed by atoms with Crippen molar-refractivity contribution in [1.82, 2.24) is 4.98 Å². The molecular formula is C7H2ClF5N2O3. The van der Waals surface area contributed by atoms with Gasteiger partial charge in [-0.3, -0.25) is 10.1 Å². The minimum Gasteiger partial charge on any atom is -0.398 e. The molecule has 0 unspecified atom stereocenters. The first-order chi connectivity index (χ1) is 8.13. The third kappa shape index (κ3) is 3.15. The topological polar surface area (TPSA) is 65.3 Å². The van der Waals surface area contributed by atoms with E-state index in [9.17, 15) is 32.1 Å². The van der Waals surface area contributed by atoms with E-state index in [-0.39, 0.29) is 6.20 Å². The number of nitro groups is 1. The predicted molar refractivity (Wildman–Crippen MR) is 47.5 cm³/mol. The summed E-state index contributed by atoms with van der Waals surface area (Å²) in [7, 11) is 0. The van der Waals surface area contributed by atoms with Crippen LogP contribution in [-0.2, 0) is 0 Å². The van der Waals surface area contributed by atoms with E-state index in [4.69, 9.17) is 11.6 Å². The largest absolute Gasteiger partial charge is 0.573 e. The molecule has 1 aromatic rings. The van der Waals surface area contributed by atoms with Crippen LogP contribution in [0.3, 0.4) is 0 Å². The van der Waals surface area contributed by atoms with E-state index < -0.39 is 39.9 Å². The Labute approximate surface area is 100 Å². The van der Waals surface area contributed by atoms with Crippen molar-refractivity contribution in [2.24, 2.45) is 0 Å². The number of alkyl halides is 5. The van der Waals surface area contributed by atoms with Crippen LogP contribution in [-0.4, -0.2) is 16.3 Å². The van der Waals surface area contributed by atoms with Crippen molar-refractivity contribution < 1.29 is 31.6 Å². The quantitative estimate of drug-likeness (QED) is 0.370. The zero-order valence-electron chi connectivity index (χ0n) is 8.04.